The maximum atomic E-state index is 12.2. The molecule has 0 aromatic heterocycles. The van der Waals surface area contributed by atoms with E-state index in [1.165, 1.54) is 22.3 Å². The number of carbonyl (C=O) groups is 1. The van der Waals surface area contributed by atoms with Gasteiger partial charge in [-0.3, -0.25) is 0 Å². The minimum absolute atomic E-state index is 0.0501. The molecule has 5 heteroatoms. The van der Waals surface area contributed by atoms with Crippen LogP contribution in [0.4, 0.5) is 4.79 Å². The van der Waals surface area contributed by atoms with Gasteiger partial charge in [-0.15, -0.1) is 0 Å². The topological polar surface area (TPSA) is 67.8 Å². The number of hydrogen-bond acceptors (Lipinski definition) is 4. The van der Waals surface area contributed by atoms with Gasteiger partial charge in [0, 0.05) is 18.0 Å². The normalized spacial score (nSPS) is 12.4. The monoisotopic (exact) mass is 415 g/mol. The average molecular weight is 415 g/mol. The van der Waals surface area contributed by atoms with Crippen LogP contribution >= 0.6 is 0 Å². The number of ether oxygens (including phenoxy) is 2. The first-order chi connectivity index (χ1) is 15.2. The Bertz CT molecular complexity index is 1060. The zero-order chi connectivity index (χ0) is 21.6. The minimum atomic E-state index is -0.431. The van der Waals surface area contributed by atoms with Crippen LogP contribution in [0.5, 0.6) is 11.5 Å². The molecule has 158 valence electrons. The van der Waals surface area contributed by atoms with E-state index in [0.717, 1.165) is 0 Å². The number of alkyl carbamates (subject to hydrolysis) is 1. The number of methoxy groups -OCH3 is 1. The number of rotatable bonds is 7. The maximum Gasteiger partial charge on any atom is 0.407 e. The predicted octanol–water partition coefficient (Wildman–Crippen LogP) is 5.34. The summed E-state index contributed by atoms with van der Waals surface area (Å²) in [4.78, 5) is 12.2. The Morgan fingerprint density at radius 3 is 2.39 bits per heavy atom. The molecule has 3 aromatic carbocycles. The van der Waals surface area contributed by atoms with Crippen LogP contribution in [-0.4, -0.2) is 31.5 Å². The zero-order valence-electron chi connectivity index (χ0n) is 17.4. The molecule has 0 atom stereocenters. The van der Waals surface area contributed by atoms with Gasteiger partial charge in [-0.05, 0) is 46.9 Å². The van der Waals surface area contributed by atoms with Gasteiger partial charge in [0.15, 0.2) is 0 Å². The van der Waals surface area contributed by atoms with Gasteiger partial charge in [-0.1, -0.05) is 60.7 Å². The molecule has 0 fully saturated rings. The van der Waals surface area contributed by atoms with Crippen LogP contribution < -0.4 is 10.1 Å². The second-order valence-corrected chi connectivity index (χ2v) is 7.37. The minimum Gasteiger partial charge on any atom is -0.507 e. The molecule has 1 aliphatic carbocycles. The largest absolute Gasteiger partial charge is 0.507 e. The number of phenols is 1. The van der Waals surface area contributed by atoms with Gasteiger partial charge in [0.1, 0.15) is 18.1 Å². The van der Waals surface area contributed by atoms with E-state index in [9.17, 15) is 9.90 Å². The number of fused-ring (bicyclic) bond motifs is 3. The number of hydrogen-bond donors (Lipinski definition) is 2. The summed E-state index contributed by atoms with van der Waals surface area (Å²) < 4.78 is 10.7. The van der Waals surface area contributed by atoms with Crippen LogP contribution in [0.15, 0.2) is 72.8 Å². The van der Waals surface area contributed by atoms with Crippen LogP contribution in [0.25, 0.3) is 17.2 Å². The van der Waals surface area contributed by atoms with E-state index >= 15 is 0 Å². The number of benzene rings is 3. The van der Waals surface area contributed by atoms with Crippen LogP contribution in [0.3, 0.4) is 0 Å². The lowest BCUT2D eigenvalue weighted by Crippen LogP contribution is -2.26. The first-order valence-corrected chi connectivity index (χ1v) is 10.3. The number of carbonyl (C=O) groups excluding carboxylic acids is 1. The van der Waals surface area contributed by atoms with Crippen molar-refractivity contribution >= 4 is 12.2 Å². The van der Waals surface area contributed by atoms with Crippen LogP contribution in [0, 0.1) is 0 Å². The van der Waals surface area contributed by atoms with Crippen LogP contribution in [0.2, 0.25) is 0 Å². The molecule has 0 unspecified atom stereocenters. The summed E-state index contributed by atoms with van der Waals surface area (Å²) in [5.41, 5.74) is 5.46. The van der Waals surface area contributed by atoms with Crippen molar-refractivity contribution in [2.75, 3.05) is 20.3 Å². The zero-order valence-corrected chi connectivity index (χ0v) is 17.4. The Balaban J connectivity index is 1.28. The molecular formula is C26H25NO4. The molecule has 4 rings (SSSR count). The summed E-state index contributed by atoms with van der Waals surface area (Å²) in [6.45, 7) is 0.741. The lowest BCUT2D eigenvalue weighted by Gasteiger charge is -2.14. The van der Waals surface area contributed by atoms with Crippen molar-refractivity contribution in [1.82, 2.24) is 5.32 Å². The quantitative estimate of drug-likeness (QED) is 0.511. The molecular weight excluding hydrogens is 390 g/mol. The Hall–Kier alpha value is -3.73. The molecule has 1 aliphatic rings. The fourth-order valence-electron chi connectivity index (χ4n) is 3.91. The summed E-state index contributed by atoms with van der Waals surface area (Å²) in [6, 6.07) is 21.6. The SMILES string of the molecule is COc1ccc(O)c(C=CCCNC(=O)OCC2c3ccccc3-c3ccccc32)c1. The first kappa shape index (κ1) is 20.5. The van der Waals surface area contributed by atoms with E-state index in [4.69, 9.17) is 9.47 Å². The van der Waals surface area contributed by atoms with E-state index in [1.807, 2.05) is 30.3 Å². The standard InChI is InChI=1S/C26H25NO4/c1-30-19-13-14-25(28)18(16-19)8-6-7-15-27-26(29)31-17-24-22-11-4-2-9-20(22)21-10-3-5-12-23(21)24/h2-6,8-14,16,24,28H,7,15,17H2,1H3,(H,27,29). The highest BCUT2D eigenvalue weighted by atomic mass is 16.5. The van der Waals surface area contributed by atoms with Crippen molar-refractivity contribution in [2.45, 2.75) is 12.3 Å². The average Bonchev–Trinajstić information content (AvgIpc) is 3.12. The van der Waals surface area contributed by atoms with Crippen LogP contribution in [0.1, 0.15) is 29.0 Å². The lowest BCUT2D eigenvalue weighted by molar-refractivity contribution is 0.143. The maximum absolute atomic E-state index is 12.2. The third-order valence-corrected chi connectivity index (χ3v) is 5.46. The van der Waals surface area contributed by atoms with Gasteiger partial charge >= 0.3 is 6.09 Å². The second kappa shape index (κ2) is 9.39. The summed E-state index contributed by atoms with van der Waals surface area (Å²) in [6.07, 6.45) is 3.87. The van der Waals surface area contributed by atoms with Crippen LogP contribution in [-0.2, 0) is 4.74 Å². The van der Waals surface area contributed by atoms with Gasteiger partial charge in [0.05, 0.1) is 7.11 Å². The number of nitrogens with one attached hydrogen (secondary N) is 1. The number of aromatic hydroxyl groups is 1. The van der Waals surface area contributed by atoms with Crippen molar-refractivity contribution in [1.29, 1.82) is 0 Å². The molecule has 0 saturated heterocycles. The molecule has 0 radical (unpaired) electrons. The molecule has 2 N–H and O–H groups in total. The summed E-state index contributed by atoms with van der Waals surface area (Å²) in [5.74, 6) is 0.907. The number of amides is 1. The summed E-state index contributed by atoms with van der Waals surface area (Å²) >= 11 is 0. The van der Waals surface area contributed by atoms with E-state index in [0.29, 0.717) is 30.9 Å². The first-order valence-electron chi connectivity index (χ1n) is 10.3. The van der Waals surface area contributed by atoms with E-state index in [1.54, 1.807) is 31.4 Å². The highest BCUT2D eigenvalue weighted by Gasteiger charge is 2.28. The van der Waals surface area contributed by atoms with Gasteiger partial charge in [-0.2, -0.15) is 0 Å². The molecule has 0 heterocycles. The Morgan fingerprint density at radius 2 is 1.71 bits per heavy atom. The van der Waals surface area contributed by atoms with Crippen molar-refractivity contribution in [3.8, 4) is 22.6 Å². The Morgan fingerprint density at radius 1 is 1.03 bits per heavy atom. The van der Waals surface area contributed by atoms with E-state index in [-0.39, 0.29) is 11.7 Å². The summed E-state index contributed by atoms with van der Waals surface area (Å²) in [7, 11) is 1.58. The van der Waals surface area contributed by atoms with Crippen molar-refractivity contribution < 1.29 is 19.4 Å². The number of phenolic OH excluding ortho intramolecular Hbond substituents is 1. The van der Waals surface area contributed by atoms with Gasteiger partial charge in [0.25, 0.3) is 0 Å². The third kappa shape index (κ3) is 4.56. The van der Waals surface area contributed by atoms with E-state index in [2.05, 4.69) is 29.6 Å². The molecule has 0 bridgehead atoms. The Labute approximate surface area is 182 Å². The second-order valence-electron chi connectivity index (χ2n) is 7.37. The molecule has 0 aliphatic heterocycles. The molecule has 3 aromatic rings. The van der Waals surface area contributed by atoms with Gasteiger partial charge in [-0.25, -0.2) is 4.79 Å². The molecule has 1 amide bonds. The smallest absolute Gasteiger partial charge is 0.407 e. The lowest BCUT2D eigenvalue weighted by atomic mass is 9.98. The fourth-order valence-corrected chi connectivity index (χ4v) is 3.91. The van der Waals surface area contributed by atoms with E-state index < -0.39 is 6.09 Å². The van der Waals surface area contributed by atoms with Crippen molar-refractivity contribution in [3.63, 3.8) is 0 Å². The highest BCUT2D eigenvalue weighted by molar-refractivity contribution is 5.79. The third-order valence-electron chi connectivity index (χ3n) is 5.46. The Kier molecular flexibility index (Phi) is 6.22. The fraction of sp³-hybridized carbons (Fsp3) is 0.192. The molecule has 31 heavy (non-hydrogen) atoms. The summed E-state index contributed by atoms with van der Waals surface area (Å²) in [5, 5.41) is 12.7. The van der Waals surface area contributed by atoms with Gasteiger partial charge in [0.2, 0.25) is 0 Å². The molecule has 5 nitrogen and oxygen atoms in total. The molecule has 0 spiro atoms. The predicted molar refractivity (Wildman–Crippen MR) is 121 cm³/mol. The van der Waals surface area contributed by atoms with Crippen molar-refractivity contribution in [2.24, 2.45) is 0 Å². The highest BCUT2D eigenvalue weighted by Crippen LogP contribution is 2.44. The molecule has 0 saturated carbocycles. The van der Waals surface area contributed by atoms with Gasteiger partial charge < -0.3 is 19.9 Å². The van der Waals surface area contributed by atoms with Crippen molar-refractivity contribution in [3.05, 3.63) is 89.5 Å².